The van der Waals surface area contributed by atoms with Crippen LogP contribution in [-0.4, -0.2) is 25.7 Å². The van der Waals surface area contributed by atoms with E-state index < -0.39 is 0 Å². The van der Waals surface area contributed by atoms with Crippen LogP contribution >= 0.6 is 11.6 Å². The predicted octanol–water partition coefficient (Wildman–Crippen LogP) is 3.82. The first-order chi connectivity index (χ1) is 13.4. The zero-order chi connectivity index (χ0) is 19.7. The number of hydrogen-bond donors (Lipinski definition) is 1. The van der Waals surface area contributed by atoms with E-state index >= 15 is 0 Å². The summed E-state index contributed by atoms with van der Waals surface area (Å²) in [6, 6.07) is 7.68. The summed E-state index contributed by atoms with van der Waals surface area (Å²) in [7, 11) is 0. The number of hydrogen-bond acceptors (Lipinski definition) is 4. The van der Waals surface area contributed by atoms with Gasteiger partial charge in [-0.15, -0.1) is 0 Å². The Kier molecular flexibility index (Phi) is 4.89. The summed E-state index contributed by atoms with van der Waals surface area (Å²) in [4.78, 5) is 20.7. The summed E-state index contributed by atoms with van der Waals surface area (Å²) >= 11 is 6.33. The van der Waals surface area contributed by atoms with E-state index in [1.165, 1.54) is 12.4 Å². The Bertz CT molecular complexity index is 999. The molecule has 0 radical (unpaired) electrons. The summed E-state index contributed by atoms with van der Waals surface area (Å²) in [5, 5.41) is 8.45. The van der Waals surface area contributed by atoms with Crippen LogP contribution in [0.2, 0.25) is 5.02 Å². The summed E-state index contributed by atoms with van der Waals surface area (Å²) in [6.07, 6.45) is 8.15. The number of aromatic nitrogens is 4. The molecule has 0 bridgehead atoms. The fraction of sp³-hybridized carbons (Fsp3) is 0.333. The Hall–Kier alpha value is -2.73. The molecule has 0 fully saturated rings. The third-order valence-corrected chi connectivity index (χ3v) is 5.51. The van der Waals surface area contributed by atoms with E-state index in [0.29, 0.717) is 12.2 Å². The van der Waals surface area contributed by atoms with Crippen molar-refractivity contribution in [2.75, 3.05) is 0 Å². The van der Waals surface area contributed by atoms with Crippen molar-refractivity contribution in [1.82, 2.24) is 25.1 Å². The van der Waals surface area contributed by atoms with Gasteiger partial charge in [0.25, 0.3) is 5.91 Å². The van der Waals surface area contributed by atoms with E-state index in [-0.39, 0.29) is 17.4 Å². The van der Waals surface area contributed by atoms with Gasteiger partial charge in [0.1, 0.15) is 5.69 Å². The summed E-state index contributed by atoms with van der Waals surface area (Å²) in [6.45, 7) is 5.03. The first-order valence-electron chi connectivity index (χ1n) is 9.28. The van der Waals surface area contributed by atoms with Gasteiger partial charge in [0.05, 0.1) is 25.0 Å². The lowest BCUT2D eigenvalue weighted by atomic mass is 9.74. The minimum atomic E-state index is -0.222. The van der Waals surface area contributed by atoms with Gasteiger partial charge in [0, 0.05) is 28.7 Å². The van der Waals surface area contributed by atoms with Gasteiger partial charge in [-0.2, -0.15) is 5.10 Å². The van der Waals surface area contributed by atoms with Crippen molar-refractivity contribution in [2.24, 2.45) is 5.41 Å². The van der Waals surface area contributed by atoms with Crippen LogP contribution in [0.15, 0.2) is 49.1 Å². The van der Waals surface area contributed by atoms with Gasteiger partial charge < -0.3 is 5.32 Å². The smallest absolute Gasteiger partial charge is 0.271 e. The summed E-state index contributed by atoms with van der Waals surface area (Å²) in [5.41, 5.74) is 3.57. The molecule has 1 N–H and O–H groups in total. The van der Waals surface area contributed by atoms with E-state index in [0.717, 1.165) is 34.7 Å². The Labute approximate surface area is 169 Å². The highest BCUT2D eigenvalue weighted by molar-refractivity contribution is 6.31. The summed E-state index contributed by atoms with van der Waals surface area (Å²) in [5.74, 6) is -0.222. The fourth-order valence-corrected chi connectivity index (χ4v) is 3.99. The SMILES string of the molecule is CC1(C)Cc2c(cnn2Cc2ccccc2Cl)[C@@H](NC(=O)c2cnccn2)C1. The number of carbonyl (C=O) groups is 1. The molecule has 0 saturated heterocycles. The van der Waals surface area contributed by atoms with Gasteiger partial charge in [-0.3, -0.25) is 14.5 Å². The molecule has 1 aliphatic rings. The predicted molar refractivity (Wildman–Crippen MR) is 107 cm³/mol. The maximum atomic E-state index is 12.6. The van der Waals surface area contributed by atoms with Crippen molar-refractivity contribution in [2.45, 2.75) is 39.3 Å². The van der Waals surface area contributed by atoms with E-state index in [4.69, 9.17) is 11.6 Å². The Morgan fingerprint density at radius 2 is 2.11 bits per heavy atom. The van der Waals surface area contributed by atoms with Crippen LogP contribution in [0.4, 0.5) is 0 Å². The molecule has 1 atom stereocenters. The number of benzene rings is 1. The van der Waals surface area contributed by atoms with Crippen molar-refractivity contribution in [3.63, 3.8) is 0 Å². The van der Waals surface area contributed by atoms with Gasteiger partial charge in [-0.25, -0.2) is 4.98 Å². The Balaban J connectivity index is 1.63. The van der Waals surface area contributed by atoms with Crippen molar-refractivity contribution in [1.29, 1.82) is 0 Å². The van der Waals surface area contributed by atoms with Crippen LogP contribution in [0.25, 0.3) is 0 Å². The first-order valence-corrected chi connectivity index (χ1v) is 9.66. The van der Waals surface area contributed by atoms with Crippen molar-refractivity contribution in [3.05, 3.63) is 76.6 Å². The molecule has 3 aromatic rings. The minimum absolute atomic E-state index is 0.0333. The number of carbonyl (C=O) groups excluding carboxylic acids is 1. The quantitative estimate of drug-likeness (QED) is 0.728. The molecule has 4 rings (SSSR count). The zero-order valence-electron chi connectivity index (χ0n) is 15.9. The van der Waals surface area contributed by atoms with E-state index in [1.54, 1.807) is 6.20 Å². The number of nitrogens with zero attached hydrogens (tertiary/aromatic N) is 4. The second-order valence-corrected chi connectivity index (χ2v) is 8.36. The van der Waals surface area contributed by atoms with Crippen molar-refractivity contribution < 1.29 is 4.79 Å². The standard InChI is InChI=1S/C21H22ClN5O/c1-21(2)9-17(26-20(28)18-12-23-7-8-24-18)15-11-25-27(19(15)10-21)13-14-5-3-4-6-16(14)22/h3-8,11-12,17H,9-10,13H2,1-2H3,(H,26,28)/t17-/m0/s1. The monoisotopic (exact) mass is 395 g/mol. The molecule has 1 aromatic carbocycles. The van der Waals surface area contributed by atoms with Crippen molar-refractivity contribution in [3.8, 4) is 0 Å². The lowest BCUT2D eigenvalue weighted by Gasteiger charge is -2.36. The van der Waals surface area contributed by atoms with Gasteiger partial charge >= 0.3 is 0 Å². The molecule has 2 aromatic heterocycles. The highest BCUT2D eigenvalue weighted by Crippen LogP contribution is 2.41. The average Bonchev–Trinajstić information content (AvgIpc) is 3.06. The van der Waals surface area contributed by atoms with E-state index in [2.05, 4.69) is 34.2 Å². The second-order valence-electron chi connectivity index (χ2n) is 7.96. The maximum absolute atomic E-state index is 12.6. The molecular weight excluding hydrogens is 374 g/mol. The van der Waals surface area contributed by atoms with E-state index in [9.17, 15) is 4.79 Å². The molecule has 0 saturated carbocycles. The number of amides is 1. The molecule has 2 heterocycles. The van der Waals surface area contributed by atoms with Gasteiger partial charge in [0.15, 0.2) is 0 Å². The van der Waals surface area contributed by atoms with Crippen LogP contribution in [0.3, 0.4) is 0 Å². The largest absolute Gasteiger partial charge is 0.344 e. The average molecular weight is 396 g/mol. The summed E-state index contributed by atoms with van der Waals surface area (Å²) < 4.78 is 2.00. The van der Waals surface area contributed by atoms with E-state index in [1.807, 2.05) is 35.1 Å². The molecule has 6 nitrogen and oxygen atoms in total. The number of fused-ring (bicyclic) bond motifs is 1. The zero-order valence-corrected chi connectivity index (χ0v) is 16.6. The van der Waals surface area contributed by atoms with Crippen LogP contribution in [0.5, 0.6) is 0 Å². The molecule has 7 heteroatoms. The molecule has 28 heavy (non-hydrogen) atoms. The number of rotatable bonds is 4. The highest BCUT2D eigenvalue weighted by atomic mass is 35.5. The molecule has 144 valence electrons. The molecular formula is C21H22ClN5O. The molecule has 1 aliphatic carbocycles. The maximum Gasteiger partial charge on any atom is 0.271 e. The molecule has 0 unspecified atom stereocenters. The lowest BCUT2D eigenvalue weighted by Crippen LogP contribution is -2.37. The Morgan fingerprint density at radius 3 is 2.86 bits per heavy atom. The number of nitrogens with one attached hydrogen (secondary N) is 1. The van der Waals surface area contributed by atoms with Crippen LogP contribution in [0, 0.1) is 5.41 Å². The van der Waals surface area contributed by atoms with Crippen LogP contribution in [-0.2, 0) is 13.0 Å². The third-order valence-electron chi connectivity index (χ3n) is 5.14. The molecule has 0 aliphatic heterocycles. The second kappa shape index (κ2) is 7.36. The Morgan fingerprint density at radius 1 is 1.29 bits per heavy atom. The molecule has 0 spiro atoms. The third kappa shape index (κ3) is 3.78. The normalized spacial score (nSPS) is 17.8. The topological polar surface area (TPSA) is 72.7 Å². The first kappa shape index (κ1) is 18.6. The van der Waals surface area contributed by atoms with Gasteiger partial charge in [-0.05, 0) is 29.9 Å². The van der Waals surface area contributed by atoms with Crippen molar-refractivity contribution >= 4 is 17.5 Å². The van der Waals surface area contributed by atoms with Gasteiger partial charge in [-0.1, -0.05) is 43.6 Å². The molecule has 1 amide bonds. The minimum Gasteiger partial charge on any atom is -0.344 e. The highest BCUT2D eigenvalue weighted by Gasteiger charge is 2.36. The van der Waals surface area contributed by atoms with Crippen LogP contribution < -0.4 is 5.32 Å². The van der Waals surface area contributed by atoms with Gasteiger partial charge in [0.2, 0.25) is 0 Å². The number of halogens is 1. The lowest BCUT2D eigenvalue weighted by molar-refractivity contribution is 0.0913. The fourth-order valence-electron chi connectivity index (χ4n) is 3.80. The van der Waals surface area contributed by atoms with Crippen LogP contribution in [0.1, 0.15) is 53.6 Å².